The van der Waals surface area contributed by atoms with Gasteiger partial charge in [0.1, 0.15) is 0 Å². The van der Waals surface area contributed by atoms with Crippen LogP contribution in [0, 0.1) is 0 Å². The van der Waals surface area contributed by atoms with Crippen LogP contribution in [0.5, 0.6) is 0 Å². The van der Waals surface area contributed by atoms with E-state index >= 15 is 0 Å². The summed E-state index contributed by atoms with van der Waals surface area (Å²) in [6, 6.07) is 0.871. The van der Waals surface area contributed by atoms with Gasteiger partial charge in [-0.1, -0.05) is 0 Å². The molecule has 0 N–H and O–H groups in total. The second-order valence-corrected chi connectivity index (χ2v) is 3.93. The highest BCUT2D eigenvalue weighted by Gasteiger charge is 2.25. The predicted molar refractivity (Wildman–Crippen MR) is 46.7 cm³/mol. The van der Waals surface area contributed by atoms with Crippen LogP contribution in [-0.2, 0) is 0 Å². The largest absolute Gasteiger partial charge is 0.302 e. The summed E-state index contributed by atoms with van der Waals surface area (Å²) in [7, 11) is 2.26. The van der Waals surface area contributed by atoms with Crippen LogP contribution in [0.15, 0.2) is 0 Å². The first kappa shape index (κ1) is 7.56. The lowest BCUT2D eigenvalue weighted by atomic mass is 10.1. The highest BCUT2D eigenvalue weighted by Crippen LogP contribution is 2.18. The molecule has 11 heavy (non-hydrogen) atoms. The number of likely N-dealkylation sites (N-methyl/N-ethyl adjacent to an activating group) is 1. The molecule has 2 nitrogen and oxygen atoms in total. The van der Waals surface area contributed by atoms with Crippen molar-refractivity contribution in [3.8, 4) is 0 Å². The van der Waals surface area contributed by atoms with Gasteiger partial charge in [0.25, 0.3) is 0 Å². The van der Waals surface area contributed by atoms with Gasteiger partial charge >= 0.3 is 0 Å². The normalized spacial score (nSPS) is 34.1. The molecular weight excluding hydrogens is 136 g/mol. The second kappa shape index (κ2) is 3.11. The molecule has 0 amide bonds. The van der Waals surface area contributed by atoms with Crippen LogP contribution < -0.4 is 0 Å². The van der Waals surface area contributed by atoms with Crippen LogP contribution >= 0.6 is 0 Å². The second-order valence-electron chi connectivity index (χ2n) is 3.93. The molecule has 0 aliphatic carbocycles. The molecule has 2 rings (SSSR count). The number of likely N-dealkylation sites (tertiary alicyclic amines) is 2. The summed E-state index contributed by atoms with van der Waals surface area (Å²) in [6.07, 6.45) is 4.26. The van der Waals surface area contributed by atoms with Gasteiger partial charge in [-0.3, -0.25) is 0 Å². The molecule has 64 valence electrons. The maximum absolute atomic E-state index is 2.58. The molecule has 0 aromatic heterocycles. The zero-order valence-electron chi connectivity index (χ0n) is 7.42. The third-order valence-corrected chi connectivity index (χ3v) is 3.09. The van der Waals surface area contributed by atoms with Crippen LogP contribution in [0.2, 0.25) is 0 Å². The van der Waals surface area contributed by atoms with Crippen molar-refractivity contribution in [1.29, 1.82) is 0 Å². The van der Waals surface area contributed by atoms with Gasteiger partial charge in [0.2, 0.25) is 0 Å². The van der Waals surface area contributed by atoms with Gasteiger partial charge in [-0.05, 0) is 45.9 Å². The van der Waals surface area contributed by atoms with Gasteiger partial charge in [0.15, 0.2) is 0 Å². The minimum atomic E-state index is 0.871. The van der Waals surface area contributed by atoms with Crippen molar-refractivity contribution < 1.29 is 0 Å². The van der Waals surface area contributed by atoms with E-state index in [0.717, 1.165) is 6.04 Å². The Morgan fingerprint density at radius 1 is 1.18 bits per heavy atom. The average Bonchev–Trinajstić information content (AvgIpc) is 2.27. The van der Waals surface area contributed by atoms with Crippen molar-refractivity contribution in [3.63, 3.8) is 0 Å². The summed E-state index contributed by atoms with van der Waals surface area (Å²) in [6.45, 7) is 5.35. The topological polar surface area (TPSA) is 6.48 Å². The Hall–Kier alpha value is -0.0800. The van der Waals surface area contributed by atoms with Crippen LogP contribution in [0.25, 0.3) is 0 Å². The lowest BCUT2D eigenvalue weighted by Crippen LogP contribution is -2.45. The Kier molecular flexibility index (Phi) is 2.14. The number of hydrogen-bond acceptors (Lipinski definition) is 2. The van der Waals surface area contributed by atoms with Gasteiger partial charge in [-0.2, -0.15) is 0 Å². The van der Waals surface area contributed by atoms with E-state index in [1.54, 1.807) is 0 Å². The molecule has 2 saturated heterocycles. The Balaban J connectivity index is 1.75. The summed E-state index contributed by atoms with van der Waals surface area (Å²) < 4.78 is 0. The van der Waals surface area contributed by atoms with Crippen molar-refractivity contribution in [2.45, 2.75) is 25.3 Å². The smallest absolute Gasteiger partial charge is 0.0220 e. The minimum absolute atomic E-state index is 0.871. The van der Waals surface area contributed by atoms with Crippen LogP contribution in [-0.4, -0.2) is 49.1 Å². The molecule has 1 unspecified atom stereocenters. The fourth-order valence-electron chi connectivity index (χ4n) is 2.07. The highest BCUT2D eigenvalue weighted by molar-refractivity contribution is 4.82. The monoisotopic (exact) mass is 154 g/mol. The summed E-state index contributed by atoms with van der Waals surface area (Å²) in [5.74, 6) is 0. The van der Waals surface area contributed by atoms with Crippen molar-refractivity contribution in [3.05, 3.63) is 0 Å². The van der Waals surface area contributed by atoms with Crippen molar-refractivity contribution in [1.82, 2.24) is 9.80 Å². The summed E-state index contributed by atoms with van der Waals surface area (Å²) >= 11 is 0. The SMILES string of the molecule is CN1CCCC1CN1CCC1. The first-order valence-electron chi connectivity index (χ1n) is 4.79. The van der Waals surface area contributed by atoms with E-state index in [1.807, 2.05) is 0 Å². The standard InChI is InChI=1S/C9H18N2/c1-10-5-2-4-9(10)8-11-6-3-7-11/h9H,2-8H2,1H3. The number of rotatable bonds is 2. The number of nitrogens with zero attached hydrogens (tertiary/aromatic N) is 2. The van der Waals surface area contributed by atoms with Crippen LogP contribution in [0.4, 0.5) is 0 Å². The quantitative estimate of drug-likeness (QED) is 0.580. The van der Waals surface area contributed by atoms with E-state index < -0.39 is 0 Å². The van der Waals surface area contributed by atoms with Crippen LogP contribution in [0.1, 0.15) is 19.3 Å². The predicted octanol–water partition coefficient (Wildman–Crippen LogP) is 0.786. The Morgan fingerprint density at radius 2 is 2.00 bits per heavy atom. The third-order valence-electron chi connectivity index (χ3n) is 3.09. The van der Waals surface area contributed by atoms with E-state index in [1.165, 1.54) is 45.4 Å². The van der Waals surface area contributed by atoms with Crippen LogP contribution in [0.3, 0.4) is 0 Å². The molecule has 1 atom stereocenters. The van der Waals surface area contributed by atoms with Gasteiger partial charge in [-0.15, -0.1) is 0 Å². The third kappa shape index (κ3) is 1.57. The first-order valence-corrected chi connectivity index (χ1v) is 4.79. The van der Waals surface area contributed by atoms with E-state index in [-0.39, 0.29) is 0 Å². The van der Waals surface area contributed by atoms with Gasteiger partial charge in [0.05, 0.1) is 0 Å². The van der Waals surface area contributed by atoms with E-state index in [2.05, 4.69) is 16.8 Å². The molecule has 0 aromatic rings. The average molecular weight is 154 g/mol. The Labute approximate surface area is 69.2 Å². The molecule has 2 aliphatic heterocycles. The summed E-state index contributed by atoms with van der Waals surface area (Å²) in [5.41, 5.74) is 0. The summed E-state index contributed by atoms with van der Waals surface area (Å²) in [4.78, 5) is 5.09. The molecular formula is C9H18N2. The van der Waals surface area contributed by atoms with Gasteiger partial charge in [-0.25, -0.2) is 0 Å². The number of hydrogen-bond donors (Lipinski definition) is 0. The van der Waals surface area contributed by atoms with Crippen molar-refractivity contribution >= 4 is 0 Å². The maximum atomic E-state index is 2.58. The molecule has 0 aromatic carbocycles. The molecule has 0 spiro atoms. The fourth-order valence-corrected chi connectivity index (χ4v) is 2.07. The van der Waals surface area contributed by atoms with E-state index in [0.29, 0.717) is 0 Å². The zero-order valence-corrected chi connectivity index (χ0v) is 7.42. The molecule has 2 heteroatoms. The molecule has 0 bridgehead atoms. The van der Waals surface area contributed by atoms with Crippen molar-refractivity contribution in [2.75, 3.05) is 33.2 Å². The fraction of sp³-hybridized carbons (Fsp3) is 1.00. The zero-order chi connectivity index (χ0) is 7.68. The lowest BCUT2D eigenvalue weighted by Gasteiger charge is -2.34. The van der Waals surface area contributed by atoms with E-state index in [9.17, 15) is 0 Å². The Morgan fingerprint density at radius 3 is 2.45 bits per heavy atom. The minimum Gasteiger partial charge on any atom is -0.302 e. The van der Waals surface area contributed by atoms with Crippen molar-refractivity contribution in [2.24, 2.45) is 0 Å². The maximum Gasteiger partial charge on any atom is 0.0220 e. The molecule has 2 aliphatic rings. The van der Waals surface area contributed by atoms with Gasteiger partial charge < -0.3 is 9.80 Å². The summed E-state index contributed by atoms with van der Waals surface area (Å²) in [5, 5.41) is 0. The first-order chi connectivity index (χ1) is 5.36. The molecule has 2 fully saturated rings. The molecule has 2 heterocycles. The lowest BCUT2D eigenvalue weighted by molar-refractivity contribution is 0.134. The van der Waals surface area contributed by atoms with E-state index in [4.69, 9.17) is 0 Å². The highest BCUT2D eigenvalue weighted by atomic mass is 15.2. The molecule has 0 saturated carbocycles. The Bertz CT molecular complexity index is 132. The molecule has 0 radical (unpaired) electrons. The van der Waals surface area contributed by atoms with Gasteiger partial charge in [0, 0.05) is 12.6 Å².